The predicted octanol–water partition coefficient (Wildman–Crippen LogP) is 5.63. The maximum absolute atomic E-state index is 13.3. The van der Waals surface area contributed by atoms with E-state index in [1.54, 1.807) is 27.2 Å². The van der Waals surface area contributed by atoms with Crippen molar-refractivity contribution in [3.63, 3.8) is 0 Å². The first-order chi connectivity index (χ1) is 16.8. The van der Waals surface area contributed by atoms with Crippen LogP contribution in [0.3, 0.4) is 0 Å². The van der Waals surface area contributed by atoms with Crippen molar-refractivity contribution in [2.75, 3.05) is 25.0 Å². The zero-order valence-corrected chi connectivity index (χ0v) is 22.3. The number of anilines is 1. The van der Waals surface area contributed by atoms with E-state index in [1.165, 1.54) is 0 Å². The third-order valence-corrected chi connectivity index (χ3v) is 9.26. The molecule has 0 radical (unpaired) electrons. The number of piperidine rings is 1. The van der Waals surface area contributed by atoms with Crippen LogP contribution in [-0.2, 0) is 10.0 Å². The van der Waals surface area contributed by atoms with E-state index in [1.807, 2.05) is 49.4 Å². The van der Waals surface area contributed by atoms with Gasteiger partial charge in [-0.25, -0.2) is 13.4 Å². The van der Waals surface area contributed by atoms with E-state index in [2.05, 4.69) is 26.3 Å². The van der Waals surface area contributed by atoms with Crippen LogP contribution in [0.2, 0.25) is 5.02 Å². The Morgan fingerprint density at radius 2 is 1.94 bits per heavy atom. The lowest BCUT2D eigenvalue weighted by Crippen LogP contribution is -2.42. The quantitative estimate of drug-likeness (QED) is 0.323. The number of fused-ring (bicyclic) bond motifs is 1. The van der Waals surface area contributed by atoms with Gasteiger partial charge in [0.1, 0.15) is 5.82 Å². The van der Waals surface area contributed by atoms with Crippen LogP contribution in [0.5, 0.6) is 0 Å². The second kappa shape index (κ2) is 9.89. The lowest BCUT2D eigenvalue weighted by atomic mass is 10.00. The number of aromatic nitrogens is 3. The molecule has 0 aliphatic carbocycles. The molecule has 3 heterocycles. The van der Waals surface area contributed by atoms with Crippen LogP contribution in [0, 0.1) is 12.8 Å². The topological polar surface area (TPSA) is 79.6 Å². The standard InChI is InChI=1S/C25H25BrClN5O2S/c1-17-7-2-5-11-23(17)35(33,34)31-12-6-8-18(16-31)14-28-24-13-22(19-9-3-4-10-21(19)27)30-25-20(26)15-29-32(24)25/h2-5,7,9-11,13,15,18,28H,6,8,12,14,16H2,1H3. The Kier molecular flexibility index (Phi) is 6.85. The minimum Gasteiger partial charge on any atom is -0.370 e. The molecule has 1 N–H and O–H groups in total. The van der Waals surface area contributed by atoms with E-state index in [9.17, 15) is 8.42 Å². The Morgan fingerprint density at radius 1 is 1.17 bits per heavy atom. The van der Waals surface area contributed by atoms with E-state index < -0.39 is 10.0 Å². The summed E-state index contributed by atoms with van der Waals surface area (Å²) in [5, 5.41) is 8.57. The average molecular weight is 575 g/mol. The van der Waals surface area contributed by atoms with Gasteiger partial charge in [0.05, 0.1) is 21.3 Å². The molecule has 2 aromatic carbocycles. The number of rotatable bonds is 6. The van der Waals surface area contributed by atoms with Crippen LogP contribution < -0.4 is 5.32 Å². The molecule has 0 spiro atoms. The third-order valence-electron chi connectivity index (χ3n) is 6.34. The number of benzene rings is 2. The molecule has 1 aliphatic heterocycles. The van der Waals surface area contributed by atoms with E-state index in [0.717, 1.165) is 40.0 Å². The van der Waals surface area contributed by atoms with Gasteiger partial charge in [-0.1, -0.05) is 48.0 Å². The number of nitrogens with zero attached hydrogens (tertiary/aromatic N) is 4. The zero-order chi connectivity index (χ0) is 24.6. The Morgan fingerprint density at radius 3 is 2.74 bits per heavy atom. The molecule has 1 saturated heterocycles. The van der Waals surface area contributed by atoms with Crippen LogP contribution in [-0.4, -0.2) is 47.0 Å². The van der Waals surface area contributed by atoms with Crippen LogP contribution in [0.4, 0.5) is 5.82 Å². The molecule has 4 aromatic rings. The lowest BCUT2D eigenvalue weighted by Gasteiger charge is -2.32. The molecule has 0 saturated carbocycles. The van der Waals surface area contributed by atoms with E-state index in [0.29, 0.717) is 35.2 Å². The molecule has 1 unspecified atom stereocenters. The van der Waals surface area contributed by atoms with E-state index in [-0.39, 0.29) is 5.92 Å². The van der Waals surface area contributed by atoms with Crippen molar-refractivity contribution in [3.05, 3.63) is 75.9 Å². The highest BCUT2D eigenvalue weighted by Gasteiger charge is 2.31. The maximum Gasteiger partial charge on any atom is 0.243 e. The summed E-state index contributed by atoms with van der Waals surface area (Å²) >= 11 is 9.97. The summed E-state index contributed by atoms with van der Waals surface area (Å²) in [4.78, 5) is 5.13. The number of aryl methyl sites for hydroxylation is 1. The first-order valence-corrected chi connectivity index (χ1v) is 14.0. The fraction of sp³-hybridized carbons (Fsp3) is 0.280. The summed E-state index contributed by atoms with van der Waals surface area (Å²) in [6, 6.07) is 16.7. The van der Waals surface area contributed by atoms with Crippen LogP contribution in [0.25, 0.3) is 16.9 Å². The fourth-order valence-electron chi connectivity index (χ4n) is 4.51. The van der Waals surface area contributed by atoms with Gasteiger partial charge in [0, 0.05) is 36.3 Å². The molecule has 35 heavy (non-hydrogen) atoms. The van der Waals surface area contributed by atoms with Crippen LogP contribution in [0.15, 0.2) is 70.2 Å². The molecule has 2 aromatic heterocycles. The second-order valence-corrected chi connectivity index (χ2v) is 11.9. The van der Waals surface area contributed by atoms with Crippen molar-refractivity contribution >= 4 is 49.0 Å². The summed E-state index contributed by atoms with van der Waals surface area (Å²) in [6.07, 6.45) is 3.48. The van der Waals surface area contributed by atoms with Gasteiger partial charge in [-0.3, -0.25) is 0 Å². The summed E-state index contributed by atoms with van der Waals surface area (Å²) in [6.45, 7) is 3.45. The highest BCUT2D eigenvalue weighted by molar-refractivity contribution is 9.10. The summed E-state index contributed by atoms with van der Waals surface area (Å²) in [7, 11) is -3.53. The molecule has 0 amide bonds. The van der Waals surface area contributed by atoms with Gasteiger partial charge >= 0.3 is 0 Å². The van der Waals surface area contributed by atoms with Crippen molar-refractivity contribution in [2.45, 2.75) is 24.7 Å². The maximum atomic E-state index is 13.3. The summed E-state index contributed by atoms with van der Waals surface area (Å²) < 4.78 is 30.8. The monoisotopic (exact) mass is 573 g/mol. The molecular formula is C25H25BrClN5O2S. The van der Waals surface area contributed by atoms with Gasteiger partial charge in [-0.15, -0.1) is 0 Å². The highest BCUT2D eigenvalue weighted by atomic mass is 79.9. The van der Waals surface area contributed by atoms with Crippen molar-refractivity contribution in [2.24, 2.45) is 5.92 Å². The minimum atomic E-state index is -3.53. The lowest BCUT2D eigenvalue weighted by molar-refractivity contribution is 0.275. The highest BCUT2D eigenvalue weighted by Crippen LogP contribution is 2.31. The number of nitrogens with one attached hydrogen (secondary N) is 1. The van der Waals surface area contributed by atoms with Crippen molar-refractivity contribution in [1.29, 1.82) is 0 Å². The summed E-state index contributed by atoms with van der Waals surface area (Å²) in [5.41, 5.74) is 3.01. The van der Waals surface area contributed by atoms with Crippen LogP contribution >= 0.6 is 27.5 Å². The number of sulfonamides is 1. The van der Waals surface area contributed by atoms with Crippen LogP contribution in [0.1, 0.15) is 18.4 Å². The van der Waals surface area contributed by atoms with Gasteiger partial charge in [-0.05, 0) is 59.3 Å². The molecule has 1 fully saturated rings. The van der Waals surface area contributed by atoms with Gasteiger partial charge < -0.3 is 5.32 Å². The fourth-order valence-corrected chi connectivity index (χ4v) is 6.88. The molecule has 182 valence electrons. The minimum absolute atomic E-state index is 0.161. The number of halogens is 2. The van der Waals surface area contributed by atoms with Gasteiger partial charge in [0.2, 0.25) is 10.0 Å². The number of hydrogen-bond acceptors (Lipinski definition) is 5. The molecular weight excluding hydrogens is 550 g/mol. The van der Waals surface area contributed by atoms with E-state index >= 15 is 0 Å². The molecule has 0 bridgehead atoms. The van der Waals surface area contributed by atoms with Crippen molar-refractivity contribution in [1.82, 2.24) is 18.9 Å². The smallest absolute Gasteiger partial charge is 0.243 e. The zero-order valence-electron chi connectivity index (χ0n) is 19.2. The second-order valence-electron chi connectivity index (χ2n) is 8.75. The Labute approximate surface area is 218 Å². The van der Waals surface area contributed by atoms with Crippen molar-refractivity contribution in [3.8, 4) is 11.3 Å². The Bertz CT molecular complexity index is 1490. The number of hydrogen-bond donors (Lipinski definition) is 1. The predicted molar refractivity (Wildman–Crippen MR) is 142 cm³/mol. The SMILES string of the molecule is Cc1ccccc1S(=O)(=O)N1CCCC(CNc2cc(-c3ccccc3Cl)nc3c(Br)cnn23)C1. The molecule has 10 heteroatoms. The summed E-state index contributed by atoms with van der Waals surface area (Å²) in [5.74, 6) is 0.933. The molecule has 5 rings (SSSR count). The molecule has 1 aliphatic rings. The Hall–Kier alpha value is -2.46. The molecule has 1 atom stereocenters. The Balaban J connectivity index is 1.39. The van der Waals surface area contributed by atoms with Gasteiger partial charge in [-0.2, -0.15) is 13.9 Å². The van der Waals surface area contributed by atoms with E-state index in [4.69, 9.17) is 16.6 Å². The van der Waals surface area contributed by atoms with Gasteiger partial charge in [0.15, 0.2) is 5.65 Å². The largest absolute Gasteiger partial charge is 0.370 e. The first kappa shape index (κ1) is 24.2. The normalized spacial score (nSPS) is 17.1. The average Bonchev–Trinajstić information content (AvgIpc) is 3.24. The van der Waals surface area contributed by atoms with Gasteiger partial charge in [0.25, 0.3) is 0 Å². The van der Waals surface area contributed by atoms with Crippen molar-refractivity contribution < 1.29 is 8.42 Å². The molecule has 7 nitrogen and oxygen atoms in total. The first-order valence-electron chi connectivity index (χ1n) is 11.4. The third kappa shape index (κ3) is 4.82.